The molecule has 4 bridgehead atoms. The lowest BCUT2D eigenvalue weighted by Crippen LogP contribution is -2.58. The monoisotopic (exact) mass is 578 g/mol. The van der Waals surface area contributed by atoms with Crippen molar-refractivity contribution < 1.29 is 19.5 Å². The zero-order valence-corrected chi connectivity index (χ0v) is 25.0. The highest BCUT2D eigenvalue weighted by molar-refractivity contribution is 6.00. The fourth-order valence-corrected chi connectivity index (χ4v) is 8.69. The number of para-hydroxylation sites is 2. The quantitative estimate of drug-likeness (QED) is 0.224. The van der Waals surface area contributed by atoms with Crippen molar-refractivity contribution in [1.29, 1.82) is 0 Å². The summed E-state index contributed by atoms with van der Waals surface area (Å²) < 4.78 is 7.01. The maximum Gasteiger partial charge on any atom is 0.303 e. The van der Waals surface area contributed by atoms with Crippen molar-refractivity contribution in [2.24, 2.45) is 17.0 Å². The van der Waals surface area contributed by atoms with E-state index in [0.717, 1.165) is 35.7 Å². The molecule has 9 nitrogen and oxygen atoms in total. The number of nitrogens with zero attached hydrogens (tertiary/aromatic N) is 4. The van der Waals surface area contributed by atoms with Gasteiger partial charge in [0.1, 0.15) is 12.3 Å². The van der Waals surface area contributed by atoms with Gasteiger partial charge in [-0.3, -0.25) is 14.5 Å². The first-order valence-electron chi connectivity index (χ1n) is 16.2. The van der Waals surface area contributed by atoms with Crippen LogP contribution in [0.2, 0.25) is 0 Å². The van der Waals surface area contributed by atoms with Crippen LogP contribution in [0.4, 0.5) is 0 Å². The van der Waals surface area contributed by atoms with Crippen LogP contribution in [0, 0.1) is 11.8 Å². The number of methoxy groups -OCH3 is 1. The summed E-state index contributed by atoms with van der Waals surface area (Å²) in [4.78, 5) is 38.8. The molecule has 4 aliphatic rings. The van der Waals surface area contributed by atoms with E-state index < -0.39 is 5.97 Å². The number of benzene rings is 1. The zero-order valence-electron chi connectivity index (χ0n) is 25.0. The van der Waals surface area contributed by atoms with Gasteiger partial charge in [-0.1, -0.05) is 49.4 Å². The molecule has 0 amide bonds. The van der Waals surface area contributed by atoms with E-state index in [0.29, 0.717) is 24.7 Å². The molecule has 4 fully saturated rings. The smallest absolute Gasteiger partial charge is 0.303 e. The van der Waals surface area contributed by atoms with Crippen molar-refractivity contribution in [3.05, 3.63) is 40.3 Å². The summed E-state index contributed by atoms with van der Waals surface area (Å²) in [6.45, 7) is 0.550. The predicted molar refractivity (Wildman–Crippen MR) is 162 cm³/mol. The summed E-state index contributed by atoms with van der Waals surface area (Å²) in [6.07, 6.45) is 15.2. The summed E-state index contributed by atoms with van der Waals surface area (Å²) in [7, 11) is 1.57. The van der Waals surface area contributed by atoms with Gasteiger partial charge in [0.15, 0.2) is 5.69 Å². The molecule has 6 atom stereocenters. The first-order chi connectivity index (χ1) is 20.5. The molecule has 1 aromatic heterocycles. The molecule has 1 N–H and O–H groups in total. The van der Waals surface area contributed by atoms with Crippen molar-refractivity contribution in [1.82, 2.24) is 14.5 Å². The highest BCUT2D eigenvalue weighted by atomic mass is 16.6. The second-order valence-corrected chi connectivity index (χ2v) is 13.1. The summed E-state index contributed by atoms with van der Waals surface area (Å²) in [5.74, 6) is 0.820. The minimum atomic E-state index is -0.955. The Labute approximate surface area is 248 Å². The van der Waals surface area contributed by atoms with Crippen LogP contribution in [-0.2, 0) is 14.4 Å². The largest absolute Gasteiger partial charge is 0.481 e. The van der Waals surface area contributed by atoms with E-state index >= 15 is 0 Å². The molecule has 228 valence electrons. The van der Waals surface area contributed by atoms with Crippen molar-refractivity contribution in [2.75, 3.05) is 20.3 Å². The standard InChI is InChI=1S/C33H46N4O5/c1-41-15-16-42-35-29(13-14-31(38)39)32-33(40)37(30-12-5-4-11-28(30)34-32)27-20-24-9-6-10-25(21-27)36(24)26-18-22-7-2-3-8-23(17-22)19-26/h4-5,11-12,22-27H,2-3,6-10,13-21H2,1H3,(H,38,39)/b35-29+/t22-,23+,24-,25+,26?,27?. The average Bonchev–Trinajstić information content (AvgIpc) is 3.15. The number of hydrogen-bond donors (Lipinski definition) is 1. The predicted octanol–water partition coefficient (Wildman–Crippen LogP) is 5.55. The van der Waals surface area contributed by atoms with Crippen LogP contribution in [0.5, 0.6) is 0 Å². The van der Waals surface area contributed by atoms with Crippen molar-refractivity contribution in [3.8, 4) is 0 Å². The van der Waals surface area contributed by atoms with Crippen LogP contribution in [0.25, 0.3) is 11.0 Å². The summed E-state index contributed by atoms with van der Waals surface area (Å²) in [5, 5.41) is 13.6. The van der Waals surface area contributed by atoms with Crippen LogP contribution < -0.4 is 5.56 Å². The topological polar surface area (TPSA) is 106 Å². The molecular formula is C33H46N4O5. The number of carboxylic acid groups (broad SMARTS) is 1. The first kappa shape index (κ1) is 29.3. The lowest BCUT2D eigenvalue weighted by molar-refractivity contribution is -0.136. The Bertz CT molecular complexity index is 1310. The molecule has 2 aliphatic heterocycles. The third-order valence-corrected chi connectivity index (χ3v) is 10.3. The van der Waals surface area contributed by atoms with Gasteiger partial charge in [-0.05, 0) is 68.9 Å². The van der Waals surface area contributed by atoms with Gasteiger partial charge in [-0.2, -0.15) is 0 Å². The van der Waals surface area contributed by atoms with Gasteiger partial charge in [0.05, 0.1) is 24.1 Å². The van der Waals surface area contributed by atoms with E-state index in [1.807, 2.05) is 28.8 Å². The SMILES string of the molecule is COCCO/N=C(\CCC(=O)O)c1nc2ccccc2n(C2C[C@H]3CCC[C@@H](C2)N3C2C[C@H]3CCCC[C@@H](C2)C3)c1=O. The molecular weight excluding hydrogens is 532 g/mol. The first-order valence-corrected chi connectivity index (χ1v) is 16.2. The van der Waals surface area contributed by atoms with Gasteiger partial charge in [0, 0.05) is 37.7 Å². The number of aliphatic carboxylic acids is 1. The molecule has 2 aliphatic carbocycles. The van der Waals surface area contributed by atoms with E-state index in [1.54, 1.807) is 7.11 Å². The molecule has 2 saturated heterocycles. The maximum absolute atomic E-state index is 14.3. The maximum atomic E-state index is 14.3. The molecule has 2 saturated carbocycles. The third kappa shape index (κ3) is 6.27. The number of fused-ring (bicyclic) bond motifs is 5. The summed E-state index contributed by atoms with van der Waals surface area (Å²) in [5.41, 5.74) is 1.82. The van der Waals surface area contributed by atoms with E-state index in [1.165, 1.54) is 64.2 Å². The second kappa shape index (κ2) is 13.2. The van der Waals surface area contributed by atoms with E-state index in [9.17, 15) is 14.7 Å². The Kier molecular flexibility index (Phi) is 9.24. The molecule has 0 spiro atoms. The number of hydrogen-bond acceptors (Lipinski definition) is 7. The van der Waals surface area contributed by atoms with Gasteiger partial charge in [0.25, 0.3) is 5.56 Å². The Morgan fingerprint density at radius 2 is 1.62 bits per heavy atom. The Balaban J connectivity index is 1.33. The molecule has 6 rings (SSSR count). The second-order valence-electron chi connectivity index (χ2n) is 13.1. The van der Waals surface area contributed by atoms with Gasteiger partial charge in [0.2, 0.25) is 0 Å². The van der Waals surface area contributed by atoms with Gasteiger partial charge >= 0.3 is 5.97 Å². The lowest BCUT2D eigenvalue weighted by atomic mass is 9.73. The molecule has 0 radical (unpaired) electrons. The summed E-state index contributed by atoms with van der Waals surface area (Å²) >= 11 is 0. The molecule has 42 heavy (non-hydrogen) atoms. The highest BCUT2D eigenvalue weighted by Crippen LogP contribution is 2.47. The van der Waals surface area contributed by atoms with Crippen LogP contribution >= 0.6 is 0 Å². The van der Waals surface area contributed by atoms with Crippen LogP contribution in [-0.4, -0.2) is 69.7 Å². The Morgan fingerprint density at radius 3 is 2.31 bits per heavy atom. The minimum Gasteiger partial charge on any atom is -0.481 e. The van der Waals surface area contributed by atoms with E-state index in [4.69, 9.17) is 14.6 Å². The van der Waals surface area contributed by atoms with Gasteiger partial charge in [-0.25, -0.2) is 4.98 Å². The fraction of sp³-hybridized carbons (Fsp3) is 0.697. The molecule has 3 heterocycles. The van der Waals surface area contributed by atoms with Crippen LogP contribution in [0.3, 0.4) is 0 Å². The van der Waals surface area contributed by atoms with Gasteiger partial charge in [-0.15, -0.1) is 0 Å². The Morgan fingerprint density at radius 1 is 0.905 bits per heavy atom. The fourth-order valence-electron chi connectivity index (χ4n) is 8.69. The van der Waals surface area contributed by atoms with Crippen molar-refractivity contribution in [2.45, 2.75) is 114 Å². The van der Waals surface area contributed by atoms with E-state index in [2.05, 4.69) is 10.1 Å². The highest BCUT2D eigenvalue weighted by Gasteiger charge is 2.45. The van der Waals surface area contributed by atoms with Crippen molar-refractivity contribution >= 4 is 22.7 Å². The number of rotatable bonds is 10. The molecule has 2 aromatic rings. The number of carboxylic acids is 1. The third-order valence-electron chi connectivity index (χ3n) is 10.3. The number of oxime groups is 1. The van der Waals surface area contributed by atoms with Crippen molar-refractivity contribution in [3.63, 3.8) is 0 Å². The van der Waals surface area contributed by atoms with E-state index in [-0.39, 0.29) is 42.5 Å². The zero-order chi connectivity index (χ0) is 29.1. The van der Waals surface area contributed by atoms with Crippen LogP contribution in [0.15, 0.2) is 34.2 Å². The molecule has 1 aromatic carbocycles. The number of piperidine rings is 2. The molecule has 2 unspecified atom stereocenters. The number of ether oxygens (including phenoxy) is 1. The average molecular weight is 579 g/mol. The Hall–Kier alpha value is -2.78. The van der Waals surface area contributed by atoms with Gasteiger partial charge < -0.3 is 19.2 Å². The normalized spacial score (nSPS) is 30.2. The molecule has 9 heteroatoms. The van der Waals surface area contributed by atoms with Crippen LogP contribution in [0.1, 0.15) is 102 Å². The minimum absolute atomic E-state index is 0.0661. The number of carbonyl (C=O) groups is 1. The number of aromatic nitrogens is 2. The summed E-state index contributed by atoms with van der Waals surface area (Å²) in [6, 6.07) is 9.55. The lowest BCUT2D eigenvalue weighted by Gasteiger charge is -2.54.